The molecule has 8 heteroatoms. The standard InChI is InChI=1S/C24H22N4O4/c1-16-5-4-8-19(13-16)22-27-24(32-28-22)23(30)26-12-11-25-21(29)15-31-20-10-9-17-6-2-3-7-18(17)14-20/h2-10,13-14H,11-12,15H2,1H3,(H,25,29)(H,26,30). The lowest BCUT2D eigenvalue weighted by molar-refractivity contribution is -0.123. The zero-order valence-electron chi connectivity index (χ0n) is 17.5. The van der Waals surface area contributed by atoms with Gasteiger partial charge in [-0.1, -0.05) is 59.3 Å². The highest BCUT2D eigenvalue weighted by atomic mass is 16.5. The molecule has 2 amide bonds. The second-order valence-electron chi connectivity index (χ2n) is 7.20. The SMILES string of the molecule is Cc1cccc(-c2noc(C(=O)NCCNC(=O)COc3ccc4ccccc4c3)n2)c1. The Morgan fingerprint density at radius 3 is 2.59 bits per heavy atom. The Labute approximate surface area is 184 Å². The molecule has 2 N–H and O–H groups in total. The van der Waals surface area contributed by atoms with E-state index in [1.807, 2.05) is 73.7 Å². The van der Waals surface area contributed by atoms with Gasteiger partial charge in [0.05, 0.1) is 0 Å². The molecule has 0 unspecified atom stereocenters. The Kier molecular flexibility index (Phi) is 6.41. The molecule has 1 aromatic heterocycles. The van der Waals surface area contributed by atoms with E-state index in [1.54, 1.807) is 0 Å². The van der Waals surface area contributed by atoms with Gasteiger partial charge in [0.15, 0.2) is 6.61 Å². The van der Waals surface area contributed by atoms with Gasteiger partial charge in [-0.3, -0.25) is 9.59 Å². The van der Waals surface area contributed by atoms with E-state index in [4.69, 9.17) is 9.26 Å². The molecular weight excluding hydrogens is 408 g/mol. The van der Waals surface area contributed by atoms with E-state index >= 15 is 0 Å². The number of hydrogen-bond acceptors (Lipinski definition) is 6. The van der Waals surface area contributed by atoms with Gasteiger partial charge in [0.1, 0.15) is 5.75 Å². The van der Waals surface area contributed by atoms with Crippen molar-refractivity contribution < 1.29 is 18.8 Å². The molecule has 0 aliphatic carbocycles. The number of rotatable bonds is 8. The van der Waals surface area contributed by atoms with Crippen LogP contribution in [0.4, 0.5) is 0 Å². The van der Waals surface area contributed by atoms with Crippen molar-refractivity contribution in [1.29, 1.82) is 0 Å². The van der Waals surface area contributed by atoms with Crippen molar-refractivity contribution in [3.63, 3.8) is 0 Å². The van der Waals surface area contributed by atoms with Crippen LogP contribution < -0.4 is 15.4 Å². The van der Waals surface area contributed by atoms with Crippen LogP contribution in [0.5, 0.6) is 5.75 Å². The Morgan fingerprint density at radius 2 is 1.75 bits per heavy atom. The molecule has 0 saturated carbocycles. The molecule has 0 fully saturated rings. The Morgan fingerprint density at radius 1 is 0.938 bits per heavy atom. The predicted octanol–water partition coefficient (Wildman–Crippen LogP) is 3.12. The second kappa shape index (κ2) is 9.74. The zero-order valence-corrected chi connectivity index (χ0v) is 17.5. The number of carbonyl (C=O) groups is 2. The van der Waals surface area contributed by atoms with E-state index < -0.39 is 5.91 Å². The topological polar surface area (TPSA) is 106 Å². The molecule has 32 heavy (non-hydrogen) atoms. The minimum Gasteiger partial charge on any atom is -0.484 e. The van der Waals surface area contributed by atoms with Gasteiger partial charge in [0.2, 0.25) is 5.82 Å². The summed E-state index contributed by atoms with van der Waals surface area (Å²) in [4.78, 5) is 28.3. The van der Waals surface area contributed by atoms with Crippen molar-refractivity contribution >= 4 is 22.6 Å². The van der Waals surface area contributed by atoms with Crippen LogP contribution in [-0.4, -0.2) is 41.7 Å². The van der Waals surface area contributed by atoms with Gasteiger partial charge < -0.3 is 19.9 Å². The second-order valence-corrected chi connectivity index (χ2v) is 7.20. The third kappa shape index (κ3) is 5.28. The van der Waals surface area contributed by atoms with E-state index in [2.05, 4.69) is 20.8 Å². The summed E-state index contributed by atoms with van der Waals surface area (Å²) in [6.45, 7) is 2.29. The average molecular weight is 430 g/mol. The number of ether oxygens (including phenoxy) is 1. The summed E-state index contributed by atoms with van der Waals surface area (Å²) in [7, 11) is 0. The summed E-state index contributed by atoms with van der Waals surface area (Å²) < 4.78 is 10.6. The summed E-state index contributed by atoms with van der Waals surface area (Å²) >= 11 is 0. The lowest BCUT2D eigenvalue weighted by atomic mass is 10.1. The number of carbonyl (C=O) groups excluding carboxylic acids is 2. The minimum absolute atomic E-state index is 0.115. The molecule has 8 nitrogen and oxygen atoms in total. The fourth-order valence-electron chi connectivity index (χ4n) is 3.13. The van der Waals surface area contributed by atoms with Gasteiger partial charge >= 0.3 is 11.8 Å². The predicted molar refractivity (Wildman–Crippen MR) is 119 cm³/mol. The van der Waals surface area contributed by atoms with E-state index in [0.717, 1.165) is 21.9 Å². The molecule has 0 aliphatic heterocycles. The van der Waals surface area contributed by atoms with Crippen LogP contribution in [-0.2, 0) is 4.79 Å². The smallest absolute Gasteiger partial charge is 0.316 e. The number of nitrogens with zero attached hydrogens (tertiary/aromatic N) is 2. The van der Waals surface area contributed by atoms with E-state index in [-0.39, 0.29) is 31.5 Å². The molecule has 0 atom stereocenters. The quantitative estimate of drug-likeness (QED) is 0.416. The van der Waals surface area contributed by atoms with Crippen molar-refractivity contribution in [2.24, 2.45) is 0 Å². The van der Waals surface area contributed by atoms with Gasteiger partial charge in [-0.15, -0.1) is 0 Å². The largest absolute Gasteiger partial charge is 0.484 e. The van der Waals surface area contributed by atoms with Crippen LogP contribution in [0, 0.1) is 6.92 Å². The van der Waals surface area contributed by atoms with Crippen LogP contribution in [0.3, 0.4) is 0 Å². The number of hydrogen-bond donors (Lipinski definition) is 2. The normalized spacial score (nSPS) is 10.7. The Balaban J connectivity index is 1.19. The third-order valence-electron chi connectivity index (χ3n) is 4.72. The summed E-state index contributed by atoms with van der Waals surface area (Å²) in [6.07, 6.45) is 0. The summed E-state index contributed by atoms with van der Waals surface area (Å²) in [5.41, 5.74) is 1.82. The highest BCUT2D eigenvalue weighted by Gasteiger charge is 2.15. The van der Waals surface area contributed by atoms with Crippen molar-refractivity contribution in [1.82, 2.24) is 20.8 Å². The molecule has 0 spiro atoms. The van der Waals surface area contributed by atoms with E-state index in [9.17, 15) is 9.59 Å². The third-order valence-corrected chi connectivity index (χ3v) is 4.72. The first-order chi connectivity index (χ1) is 15.6. The maximum atomic E-state index is 12.2. The molecule has 4 aromatic rings. The molecule has 1 heterocycles. The fourth-order valence-corrected chi connectivity index (χ4v) is 3.13. The van der Waals surface area contributed by atoms with Crippen LogP contribution >= 0.6 is 0 Å². The summed E-state index contributed by atoms with van der Waals surface area (Å²) in [5, 5.41) is 11.3. The number of aryl methyl sites for hydroxylation is 1. The minimum atomic E-state index is -0.502. The number of amides is 2. The molecule has 0 saturated heterocycles. The van der Waals surface area contributed by atoms with Crippen molar-refractivity contribution in [3.8, 4) is 17.1 Å². The van der Waals surface area contributed by atoms with Gasteiger partial charge in [-0.05, 0) is 35.9 Å². The maximum absolute atomic E-state index is 12.2. The Bertz CT molecular complexity index is 1250. The number of fused-ring (bicyclic) bond motifs is 1. The van der Waals surface area contributed by atoms with Crippen LogP contribution in [0.2, 0.25) is 0 Å². The van der Waals surface area contributed by atoms with E-state index in [0.29, 0.717) is 11.6 Å². The van der Waals surface area contributed by atoms with Crippen molar-refractivity contribution in [3.05, 3.63) is 78.2 Å². The number of aromatic nitrogens is 2. The molecule has 0 radical (unpaired) electrons. The highest BCUT2D eigenvalue weighted by Crippen LogP contribution is 2.20. The number of benzene rings is 3. The van der Waals surface area contributed by atoms with Crippen LogP contribution in [0.25, 0.3) is 22.2 Å². The monoisotopic (exact) mass is 430 g/mol. The van der Waals surface area contributed by atoms with Gasteiger partial charge in [0.25, 0.3) is 5.91 Å². The first-order valence-corrected chi connectivity index (χ1v) is 10.2. The molecule has 0 bridgehead atoms. The maximum Gasteiger partial charge on any atom is 0.316 e. The van der Waals surface area contributed by atoms with Crippen LogP contribution in [0.15, 0.2) is 71.3 Å². The number of nitrogens with one attached hydrogen (secondary N) is 2. The summed E-state index contributed by atoms with van der Waals surface area (Å²) in [6, 6.07) is 21.2. The molecule has 162 valence electrons. The summed E-state index contributed by atoms with van der Waals surface area (Å²) in [5.74, 6) is 0.0448. The zero-order chi connectivity index (χ0) is 22.3. The van der Waals surface area contributed by atoms with Gasteiger partial charge in [-0.2, -0.15) is 4.98 Å². The average Bonchev–Trinajstić information content (AvgIpc) is 3.31. The van der Waals surface area contributed by atoms with Gasteiger partial charge in [0, 0.05) is 18.7 Å². The van der Waals surface area contributed by atoms with Crippen molar-refractivity contribution in [2.45, 2.75) is 6.92 Å². The van der Waals surface area contributed by atoms with Crippen molar-refractivity contribution in [2.75, 3.05) is 19.7 Å². The molecule has 0 aliphatic rings. The van der Waals surface area contributed by atoms with Gasteiger partial charge in [-0.25, -0.2) is 0 Å². The molecular formula is C24H22N4O4. The van der Waals surface area contributed by atoms with Crippen LogP contribution in [0.1, 0.15) is 16.2 Å². The highest BCUT2D eigenvalue weighted by molar-refractivity contribution is 5.90. The lowest BCUT2D eigenvalue weighted by Gasteiger charge is -2.08. The molecule has 4 rings (SSSR count). The first kappa shape index (κ1) is 21.0. The molecule has 3 aromatic carbocycles. The Hall–Kier alpha value is -4.20. The lowest BCUT2D eigenvalue weighted by Crippen LogP contribution is -2.36. The first-order valence-electron chi connectivity index (χ1n) is 10.2. The van der Waals surface area contributed by atoms with E-state index in [1.165, 1.54) is 0 Å². The fraction of sp³-hybridized carbons (Fsp3) is 0.167.